The maximum absolute atomic E-state index is 12.0. The average molecular weight is 313 g/mol. The van der Waals surface area contributed by atoms with Crippen molar-refractivity contribution in [2.45, 2.75) is 0 Å². The number of carbonyl (C=O) groups is 1. The van der Waals surface area contributed by atoms with Crippen LogP contribution in [0.3, 0.4) is 0 Å². The molecule has 3 aromatic rings. The zero-order chi connectivity index (χ0) is 14.8. The van der Waals surface area contributed by atoms with Crippen LogP contribution in [-0.4, -0.2) is 24.9 Å². The first kappa shape index (κ1) is 14.0. The molecule has 1 amide bonds. The smallest absolute Gasteiger partial charge is 0.263 e. The molecule has 0 fully saturated rings. The summed E-state index contributed by atoms with van der Waals surface area (Å²) in [6.45, 7) is 0. The summed E-state index contributed by atoms with van der Waals surface area (Å²) in [5.41, 5.74) is 1.23. The molecule has 106 valence electrons. The van der Waals surface area contributed by atoms with Crippen molar-refractivity contribution >= 4 is 28.6 Å². The van der Waals surface area contributed by atoms with Gasteiger partial charge < -0.3 is 4.90 Å². The molecule has 2 aromatic heterocycles. The molecule has 2 nitrogen and oxygen atoms in total. The number of carbonyl (C=O) groups excluding carboxylic acids is 1. The number of rotatable bonds is 3. The van der Waals surface area contributed by atoms with Crippen LogP contribution in [0.15, 0.2) is 54.6 Å². The van der Waals surface area contributed by atoms with Gasteiger partial charge in [0.25, 0.3) is 5.91 Å². The van der Waals surface area contributed by atoms with Crippen molar-refractivity contribution in [3.05, 3.63) is 59.5 Å². The van der Waals surface area contributed by atoms with Gasteiger partial charge in [-0.2, -0.15) is 0 Å². The highest BCUT2D eigenvalue weighted by atomic mass is 32.1. The highest BCUT2D eigenvalue weighted by Gasteiger charge is 2.13. The van der Waals surface area contributed by atoms with Crippen molar-refractivity contribution in [3.63, 3.8) is 0 Å². The van der Waals surface area contributed by atoms with E-state index >= 15 is 0 Å². The molecule has 0 aliphatic heterocycles. The van der Waals surface area contributed by atoms with E-state index in [-0.39, 0.29) is 5.91 Å². The second-order valence-corrected chi connectivity index (χ2v) is 7.06. The number of thiophene rings is 2. The lowest BCUT2D eigenvalue weighted by atomic mass is 10.2. The summed E-state index contributed by atoms with van der Waals surface area (Å²) in [6, 6.07) is 18.6. The van der Waals surface area contributed by atoms with Gasteiger partial charge in [0.2, 0.25) is 0 Å². The Hall–Kier alpha value is -1.91. The van der Waals surface area contributed by atoms with Crippen LogP contribution in [-0.2, 0) is 0 Å². The lowest BCUT2D eigenvalue weighted by Gasteiger charge is -2.07. The first-order valence-corrected chi connectivity index (χ1v) is 8.25. The summed E-state index contributed by atoms with van der Waals surface area (Å²) in [5, 5.41) is 0. The molecule has 21 heavy (non-hydrogen) atoms. The Morgan fingerprint density at radius 1 is 0.810 bits per heavy atom. The normalized spacial score (nSPS) is 10.6. The summed E-state index contributed by atoms with van der Waals surface area (Å²) in [4.78, 5) is 17.9. The van der Waals surface area contributed by atoms with Crippen molar-refractivity contribution in [1.82, 2.24) is 4.90 Å². The van der Waals surface area contributed by atoms with Crippen LogP contribution in [0.1, 0.15) is 9.67 Å². The quantitative estimate of drug-likeness (QED) is 0.677. The molecule has 0 bridgehead atoms. The minimum Gasteiger partial charge on any atom is -0.344 e. The zero-order valence-corrected chi connectivity index (χ0v) is 13.5. The molecule has 0 saturated carbocycles. The lowest BCUT2D eigenvalue weighted by Crippen LogP contribution is -2.20. The van der Waals surface area contributed by atoms with Crippen molar-refractivity contribution in [3.8, 4) is 20.2 Å². The molecule has 3 rings (SSSR count). The SMILES string of the molecule is CN(C)C(=O)c1ccc(-c2ccc(-c3ccccc3)s2)s1. The third kappa shape index (κ3) is 2.91. The molecule has 4 heteroatoms. The second kappa shape index (κ2) is 5.84. The number of nitrogens with zero attached hydrogens (tertiary/aromatic N) is 1. The van der Waals surface area contributed by atoms with Crippen LogP contribution in [0.5, 0.6) is 0 Å². The van der Waals surface area contributed by atoms with E-state index in [4.69, 9.17) is 0 Å². The fraction of sp³-hybridized carbons (Fsp3) is 0.118. The Bertz CT molecular complexity index is 756. The van der Waals surface area contributed by atoms with Gasteiger partial charge in [-0.05, 0) is 29.8 Å². The number of hydrogen-bond acceptors (Lipinski definition) is 3. The highest BCUT2D eigenvalue weighted by molar-refractivity contribution is 7.24. The topological polar surface area (TPSA) is 20.3 Å². The van der Waals surface area contributed by atoms with Gasteiger partial charge in [-0.15, -0.1) is 22.7 Å². The summed E-state index contributed by atoms with van der Waals surface area (Å²) >= 11 is 3.31. The number of hydrogen-bond donors (Lipinski definition) is 0. The van der Waals surface area contributed by atoms with E-state index < -0.39 is 0 Å². The minimum absolute atomic E-state index is 0.0612. The van der Waals surface area contributed by atoms with E-state index in [9.17, 15) is 4.79 Å². The Labute approximate surface area is 132 Å². The van der Waals surface area contributed by atoms with E-state index in [0.29, 0.717) is 0 Å². The average Bonchev–Trinajstić information content (AvgIpc) is 3.16. The fourth-order valence-corrected chi connectivity index (χ4v) is 4.16. The molecule has 0 spiro atoms. The predicted molar refractivity (Wildman–Crippen MR) is 91.1 cm³/mol. The van der Waals surface area contributed by atoms with Gasteiger partial charge in [-0.25, -0.2) is 0 Å². The Morgan fingerprint density at radius 3 is 2.14 bits per heavy atom. The Balaban J connectivity index is 1.89. The van der Waals surface area contributed by atoms with Gasteiger partial charge >= 0.3 is 0 Å². The monoisotopic (exact) mass is 313 g/mol. The van der Waals surface area contributed by atoms with E-state index in [1.165, 1.54) is 15.3 Å². The molecular weight excluding hydrogens is 298 g/mol. The molecule has 2 heterocycles. The lowest BCUT2D eigenvalue weighted by molar-refractivity contribution is 0.0832. The largest absolute Gasteiger partial charge is 0.344 e. The summed E-state index contributed by atoms with van der Waals surface area (Å²) in [7, 11) is 3.56. The van der Waals surface area contributed by atoms with Crippen molar-refractivity contribution in [2.24, 2.45) is 0 Å². The summed E-state index contributed by atoms with van der Waals surface area (Å²) in [5.74, 6) is 0.0612. The molecule has 0 aliphatic carbocycles. The van der Waals surface area contributed by atoms with Gasteiger partial charge in [-0.1, -0.05) is 30.3 Å². The molecule has 0 saturated heterocycles. The van der Waals surface area contributed by atoms with Gasteiger partial charge in [-0.3, -0.25) is 4.79 Å². The van der Waals surface area contributed by atoms with E-state index in [1.807, 2.05) is 30.3 Å². The first-order chi connectivity index (χ1) is 10.1. The summed E-state index contributed by atoms with van der Waals surface area (Å²) < 4.78 is 0. The van der Waals surface area contributed by atoms with Crippen LogP contribution < -0.4 is 0 Å². The molecule has 1 aromatic carbocycles. The summed E-state index contributed by atoms with van der Waals surface area (Å²) in [6.07, 6.45) is 0. The van der Waals surface area contributed by atoms with Crippen molar-refractivity contribution in [1.29, 1.82) is 0 Å². The van der Waals surface area contributed by atoms with Crippen LogP contribution >= 0.6 is 22.7 Å². The minimum atomic E-state index is 0.0612. The Morgan fingerprint density at radius 2 is 1.43 bits per heavy atom. The maximum Gasteiger partial charge on any atom is 0.263 e. The van der Waals surface area contributed by atoms with Crippen LogP contribution in [0.2, 0.25) is 0 Å². The zero-order valence-electron chi connectivity index (χ0n) is 11.9. The van der Waals surface area contributed by atoms with Gasteiger partial charge in [0.1, 0.15) is 0 Å². The van der Waals surface area contributed by atoms with Crippen molar-refractivity contribution < 1.29 is 4.79 Å². The predicted octanol–water partition coefficient (Wildman–Crippen LogP) is 4.85. The third-order valence-corrected chi connectivity index (χ3v) is 5.53. The molecule has 0 radical (unpaired) electrons. The molecular formula is C17H15NOS2. The fourth-order valence-electron chi connectivity index (χ4n) is 2.03. The van der Waals surface area contributed by atoms with Crippen LogP contribution in [0, 0.1) is 0 Å². The highest BCUT2D eigenvalue weighted by Crippen LogP contribution is 2.37. The van der Waals surface area contributed by atoms with E-state index in [1.54, 1.807) is 41.7 Å². The van der Waals surface area contributed by atoms with Crippen molar-refractivity contribution in [2.75, 3.05) is 14.1 Å². The number of benzene rings is 1. The third-order valence-electron chi connectivity index (χ3n) is 3.13. The Kier molecular flexibility index (Phi) is 3.90. The molecule has 0 N–H and O–H groups in total. The number of amides is 1. The van der Waals surface area contributed by atoms with Crippen LogP contribution in [0.25, 0.3) is 20.2 Å². The second-order valence-electron chi connectivity index (χ2n) is 4.89. The van der Waals surface area contributed by atoms with Crippen LogP contribution in [0.4, 0.5) is 0 Å². The van der Waals surface area contributed by atoms with E-state index in [0.717, 1.165) is 9.75 Å². The maximum atomic E-state index is 12.0. The standard InChI is InChI=1S/C17H15NOS2/c1-18(2)17(19)16-11-10-15(21-16)14-9-8-13(20-14)12-6-4-3-5-7-12/h3-11H,1-2H3. The first-order valence-electron chi connectivity index (χ1n) is 6.62. The van der Waals surface area contributed by atoms with Gasteiger partial charge in [0, 0.05) is 28.7 Å². The molecule has 0 atom stereocenters. The molecule has 0 aliphatic rings. The van der Waals surface area contributed by atoms with Gasteiger partial charge in [0.15, 0.2) is 0 Å². The van der Waals surface area contributed by atoms with Gasteiger partial charge in [0.05, 0.1) is 4.88 Å². The van der Waals surface area contributed by atoms with E-state index in [2.05, 4.69) is 24.3 Å². The molecule has 0 unspecified atom stereocenters.